The summed E-state index contributed by atoms with van der Waals surface area (Å²) in [6.07, 6.45) is 3.58. The lowest BCUT2D eigenvalue weighted by Crippen LogP contribution is -2.41. The molecule has 0 bridgehead atoms. The fourth-order valence-electron chi connectivity index (χ4n) is 2.58. The summed E-state index contributed by atoms with van der Waals surface area (Å²) in [5.74, 6) is 0.530. The maximum atomic E-state index is 6.11. The van der Waals surface area contributed by atoms with E-state index in [1.165, 1.54) is 0 Å². The number of rotatable bonds is 4. The van der Waals surface area contributed by atoms with Crippen LogP contribution in [0, 0.1) is 0 Å². The Labute approximate surface area is 148 Å². The van der Waals surface area contributed by atoms with Crippen LogP contribution in [-0.2, 0) is 9.31 Å². The van der Waals surface area contributed by atoms with Crippen LogP contribution in [0.4, 0.5) is 0 Å². The SMILES string of the molecule is C/C=C(\C=N/NC)c1nc2cc(B3OC(C)(C)C(C)(C)O3)ccc2o1. The second-order valence-corrected chi connectivity index (χ2v) is 7.06. The second kappa shape index (κ2) is 6.31. The molecule has 0 radical (unpaired) electrons. The molecule has 0 unspecified atom stereocenters. The number of hydrogen-bond acceptors (Lipinski definition) is 6. The molecule has 1 fully saturated rings. The molecule has 1 aliphatic heterocycles. The lowest BCUT2D eigenvalue weighted by Gasteiger charge is -2.32. The minimum atomic E-state index is -0.415. The van der Waals surface area contributed by atoms with Gasteiger partial charge in [0.1, 0.15) is 5.52 Å². The molecule has 7 heteroatoms. The quantitative estimate of drug-likeness (QED) is 0.526. The maximum Gasteiger partial charge on any atom is 0.494 e. The van der Waals surface area contributed by atoms with E-state index in [0.29, 0.717) is 11.5 Å². The highest BCUT2D eigenvalue weighted by molar-refractivity contribution is 6.62. The average molecular weight is 341 g/mol. The van der Waals surface area contributed by atoms with E-state index in [-0.39, 0.29) is 11.2 Å². The normalized spacial score (nSPS) is 19.9. The molecule has 2 heterocycles. The van der Waals surface area contributed by atoms with Gasteiger partial charge in [-0.2, -0.15) is 5.10 Å². The largest absolute Gasteiger partial charge is 0.494 e. The van der Waals surface area contributed by atoms with Crippen molar-refractivity contribution in [3.8, 4) is 0 Å². The summed E-state index contributed by atoms with van der Waals surface area (Å²) >= 11 is 0. The lowest BCUT2D eigenvalue weighted by molar-refractivity contribution is 0.00578. The Morgan fingerprint density at radius 2 is 1.88 bits per heavy atom. The molecule has 1 aromatic carbocycles. The fraction of sp³-hybridized carbons (Fsp3) is 0.444. The van der Waals surface area contributed by atoms with Gasteiger partial charge >= 0.3 is 7.12 Å². The summed E-state index contributed by atoms with van der Waals surface area (Å²) in [6, 6.07) is 5.80. The zero-order valence-electron chi connectivity index (χ0n) is 15.6. The van der Waals surface area contributed by atoms with E-state index in [4.69, 9.17) is 13.7 Å². The molecule has 1 N–H and O–H groups in total. The van der Waals surface area contributed by atoms with Crippen LogP contribution in [0.5, 0.6) is 0 Å². The fourth-order valence-corrected chi connectivity index (χ4v) is 2.58. The molecule has 1 saturated heterocycles. The number of hydrogen-bond donors (Lipinski definition) is 1. The van der Waals surface area contributed by atoms with Crippen LogP contribution in [-0.4, -0.2) is 36.6 Å². The van der Waals surface area contributed by atoms with Gasteiger partial charge in [-0.05, 0) is 52.2 Å². The molecule has 0 aliphatic carbocycles. The molecule has 1 aliphatic rings. The summed E-state index contributed by atoms with van der Waals surface area (Å²) < 4.78 is 18.0. The Morgan fingerprint density at radius 1 is 1.20 bits per heavy atom. The van der Waals surface area contributed by atoms with Gasteiger partial charge in [0.15, 0.2) is 5.58 Å². The second-order valence-electron chi connectivity index (χ2n) is 7.06. The van der Waals surface area contributed by atoms with Crippen LogP contribution in [0.3, 0.4) is 0 Å². The van der Waals surface area contributed by atoms with Gasteiger partial charge < -0.3 is 19.2 Å². The Hall–Kier alpha value is -2.12. The van der Waals surface area contributed by atoms with Crippen LogP contribution in [0.15, 0.2) is 33.8 Å². The highest BCUT2D eigenvalue weighted by Crippen LogP contribution is 2.36. The first-order chi connectivity index (χ1) is 11.8. The van der Waals surface area contributed by atoms with Crippen LogP contribution >= 0.6 is 0 Å². The van der Waals surface area contributed by atoms with Crippen molar-refractivity contribution in [2.75, 3.05) is 7.05 Å². The van der Waals surface area contributed by atoms with Gasteiger partial charge in [-0.15, -0.1) is 0 Å². The van der Waals surface area contributed by atoms with Crippen molar-refractivity contribution in [2.24, 2.45) is 5.10 Å². The standard InChI is InChI=1S/C18H24BN3O3/c1-7-12(11-21-20-6)16-22-14-10-13(8-9-15(14)23-16)19-24-17(2,3)18(4,5)25-19/h7-11,20H,1-6H3/b12-7+,21-11-. The van der Waals surface area contributed by atoms with E-state index in [2.05, 4.69) is 15.5 Å². The Bertz CT molecular complexity index is 823. The predicted octanol–water partition coefficient (Wildman–Crippen LogP) is 2.74. The summed E-state index contributed by atoms with van der Waals surface area (Å²) in [7, 11) is 1.33. The number of nitrogens with zero attached hydrogens (tertiary/aromatic N) is 2. The monoisotopic (exact) mass is 341 g/mol. The van der Waals surface area contributed by atoms with Gasteiger partial charge in [-0.3, -0.25) is 0 Å². The van der Waals surface area contributed by atoms with E-state index < -0.39 is 7.12 Å². The third-order valence-electron chi connectivity index (χ3n) is 4.83. The zero-order chi connectivity index (χ0) is 18.2. The van der Waals surface area contributed by atoms with E-state index in [1.54, 1.807) is 13.3 Å². The van der Waals surface area contributed by atoms with Gasteiger partial charge in [0.05, 0.1) is 23.0 Å². The highest BCUT2D eigenvalue weighted by atomic mass is 16.7. The van der Waals surface area contributed by atoms with Crippen molar-refractivity contribution in [3.05, 3.63) is 30.2 Å². The van der Waals surface area contributed by atoms with Crippen molar-refractivity contribution < 1.29 is 13.7 Å². The first-order valence-electron chi connectivity index (χ1n) is 8.40. The molecule has 0 spiro atoms. The van der Waals surface area contributed by atoms with E-state index >= 15 is 0 Å². The zero-order valence-corrected chi connectivity index (χ0v) is 15.6. The number of aromatic nitrogens is 1. The molecule has 0 amide bonds. The highest BCUT2D eigenvalue weighted by Gasteiger charge is 2.51. The Morgan fingerprint density at radius 3 is 2.48 bits per heavy atom. The topological polar surface area (TPSA) is 68.9 Å². The van der Waals surface area contributed by atoms with Crippen molar-refractivity contribution in [2.45, 2.75) is 45.8 Å². The third kappa shape index (κ3) is 3.21. The number of benzene rings is 1. The Kier molecular flexibility index (Phi) is 4.47. The van der Waals surface area contributed by atoms with Crippen molar-refractivity contribution in [1.82, 2.24) is 10.4 Å². The number of fused-ring (bicyclic) bond motifs is 1. The predicted molar refractivity (Wildman–Crippen MR) is 101 cm³/mol. The molecule has 132 valence electrons. The molecule has 3 rings (SSSR count). The van der Waals surface area contributed by atoms with Crippen molar-refractivity contribution >= 4 is 35.5 Å². The van der Waals surface area contributed by atoms with Gasteiger partial charge in [-0.25, -0.2) is 4.98 Å². The van der Waals surface area contributed by atoms with E-state index in [0.717, 1.165) is 16.6 Å². The summed E-state index contributed by atoms with van der Waals surface area (Å²) in [6.45, 7) is 10.1. The molecular weight excluding hydrogens is 317 g/mol. The summed E-state index contributed by atoms with van der Waals surface area (Å²) in [5, 5.41) is 4.02. The summed E-state index contributed by atoms with van der Waals surface area (Å²) in [5.41, 5.74) is 5.19. The van der Waals surface area contributed by atoms with Crippen molar-refractivity contribution in [1.29, 1.82) is 0 Å². The molecule has 1 aromatic heterocycles. The number of allylic oxidation sites excluding steroid dienone is 2. The lowest BCUT2D eigenvalue weighted by atomic mass is 9.79. The molecule has 6 nitrogen and oxygen atoms in total. The minimum Gasteiger partial charge on any atom is -0.436 e. The van der Waals surface area contributed by atoms with Crippen LogP contribution in [0.2, 0.25) is 0 Å². The first kappa shape index (κ1) is 17.7. The molecular formula is C18H24BN3O3. The van der Waals surface area contributed by atoms with Gasteiger partial charge in [0, 0.05) is 7.05 Å². The van der Waals surface area contributed by atoms with Gasteiger partial charge in [0.2, 0.25) is 5.89 Å². The van der Waals surface area contributed by atoms with Crippen LogP contribution in [0.25, 0.3) is 16.7 Å². The molecule has 25 heavy (non-hydrogen) atoms. The molecule has 0 atom stereocenters. The van der Waals surface area contributed by atoms with Gasteiger partial charge in [0.25, 0.3) is 0 Å². The first-order valence-corrected chi connectivity index (χ1v) is 8.40. The van der Waals surface area contributed by atoms with E-state index in [1.807, 2.05) is 58.9 Å². The summed E-state index contributed by atoms with van der Waals surface area (Å²) in [4.78, 5) is 4.58. The van der Waals surface area contributed by atoms with E-state index in [9.17, 15) is 0 Å². The average Bonchev–Trinajstić information content (AvgIpc) is 3.05. The number of oxazole rings is 1. The van der Waals surface area contributed by atoms with Crippen LogP contribution < -0.4 is 10.9 Å². The van der Waals surface area contributed by atoms with Gasteiger partial charge in [-0.1, -0.05) is 12.1 Å². The van der Waals surface area contributed by atoms with Crippen LogP contribution in [0.1, 0.15) is 40.5 Å². The maximum absolute atomic E-state index is 6.11. The third-order valence-corrected chi connectivity index (χ3v) is 4.83. The minimum absolute atomic E-state index is 0.372. The number of nitrogens with one attached hydrogen (secondary N) is 1. The Balaban J connectivity index is 1.93. The number of hydrazone groups is 1. The molecule has 2 aromatic rings. The smallest absolute Gasteiger partial charge is 0.436 e. The molecule has 0 saturated carbocycles. The van der Waals surface area contributed by atoms with Crippen molar-refractivity contribution in [3.63, 3.8) is 0 Å².